The lowest BCUT2D eigenvalue weighted by molar-refractivity contribution is 0.302. The largest absolute Gasteiger partial charge is 0.487 e. The first-order valence-corrected chi connectivity index (χ1v) is 9.65. The zero-order valence-corrected chi connectivity index (χ0v) is 16.4. The smallest absolute Gasteiger partial charge is 0.189 e. The summed E-state index contributed by atoms with van der Waals surface area (Å²) in [6, 6.07) is 19.2. The monoisotopic (exact) mass is 416 g/mol. The van der Waals surface area contributed by atoms with Gasteiger partial charge in [-0.25, -0.2) is 9.37 Å². The van der Waals surface area contributed by atoms with Crippen molar-refractivity contribution in [1.29, 1.82) is 0 Å². The molecule has 1 aliphatic heterocycles. The van der Waals surface area contributed by atoms with Crippen molar-refractivity contribution in [2.24, 2.45) is 0 Å². The van der Waals surface area contributed by atoms with Crippen LogP contribution in [0.5, 0.6) is 5.75 Å². The van der Waals surface area contributed by atoms with Gasteiger partial charge < -0.3 is 4.74 Å². The lowest BCUT2D eigenvalue weighted by Gasteiger charge is -2.08. The maximum atomic E-state index is 13.6. The van der Waals surface area contributed by atoms with Crippen molar-refractivity contribution in [3.8, 4) is 17.0 Å². The number of ether oxygens (including phenoxy) is 1. The highest BCUT2D eigenvalue weighted by atomic mass is 35.5. The second-order valence-corrected chi connectivity index (χ2v) is 7.33. The van der Waals surface area contributed by atoms with E-state index in [2.05, 4.69) is 9.97 Å². The number of fused-ring (bicyclic) bond motifs is 3. The number of benzene rings is 2. The van der Waals surface area contributed by atoms with Crippen LogP contribution in [-0.2, 0) is 6.61 Å². The maximum Gasteiger partial charge on any atom is 0.189 e. The van der Waals surface area contributed by atoms with Crippen molar-refractivity contribution >= 4 is 33.3 Å². The van der Waals surface area contributed by atoms with E-state index in [1.807, 2.05) is 36.4 Å². The first kappa shape index (κ1) is 18.5. The lowest BCUT2D eigenvalue weighted by Crippen LogP contribution is -2.03. The van der Waals surface area contributed by atoms with Crippen molar-refractivity contribution in [3.05, 3.63) is 99.7 Å². The number of pyridine rings is 2. The molecule has 1 aliphatic carbocycles. The molecule has 0 amide bonds. The standard InChI is InChI=1S/C24H14ClFN2O2/c25-20-12-23-15(11-21(20)26)1-4-17(28-23)13-30-18-5-2-14-3-6-22-19(10-16(14)9-18)24(29)7-8-27-22/h1-12H,13H2. The third-order valence-electron chi connectivity index (χ3n) is 4.94. The van der Waals surface area contributed by atoms with E-state index in [1.165, 1.54) is 24.4 Å². The van der Waals surface area contributed by atoms with Gasteiger partial charge in [0.05, 0.1) is 21.9 Å². The van der Waals surface area contributed by atoms with Crippen LogP contribution in [0.1, 0.15) is 5.69 Å². The van der Waals surface area contributed by atoms with Crippen LogP contribution in [0.15, 0.2) is 77.7 Å². The zero-order chi connectivity index (χ0) is 20.7. The molecule has 5 rings (SSSR count). The Morgan fingerprint density at radius 3 is 2.63 bits per heavy atom. The minimum atomic E-state index is -0.469. The van der Waals surface area contributed by atoms with Crippen molar-refractivity contribution in [3.63, 3.8) is 0 Å². The Morgan fingerprint density at radius 1 is 0.900 bits per heavy atom. The van der Waals surface area contributed by atoms with Gasteiger partial charge in [-0.15, -0.1) is 0 Å². The van der Waals surface area contributed by atoms with Gasteiger partial charge in [0.1, 0.15) is 18.2 Å². The molecule has 1 aromatic heterocycles. The Labute approximate surface area is 175 Å². The quantitative estimate of drug-likeness (QED) is 0.383. The van der Waals surface area contributed by atoms with E-state index in [-0.39, 0.29) is 17.1 Å². The van der Waals surface area contributed by atoms with Crippen LogP contribution < -0.4 is 10.2 Å². The van der Waals surface area contributed by atoms with Crippen molar-refractivity contribution in [2.75, 3.05) is 0 Å². The minimum absolute atomic E-state index is 0.0370. The summed E-state index contributed by atoms with van der Waals surface area (Å²) >= 11 is 5.86. The van der Waals surface area contributed by atoms with Gasteiger partial charge in [0.15, 0.2) is 5.43 Å². The van der Waals surface area contributed by atoms with Gasteiger partial charge in [0.2, 0.25) is 0 Å². The van der Waals surface area contributed by atoms with Crippen LogP contribution in [-0.4, -0.2) is 9.97 Å². The molecule has 0 atom stereocenters. The van der Waals surface area contributed by atoms with Crippen LogP contribution in [0.3, 0.4) is 0 Å². The summed E-state index contributed by atoms with van der Waals surface area (Å²) in [4.78, 5) is 21.0. The second kappa shape index (κ2) is 7.35. The predicted octanol–water partition coefficient (Wildman–Crippen LogP) is 5.62. The van der Waals surface area contributed by atoms with Gasteiger partial charge in [-0.1, -0.05) is 29.8 Å². The minimum Gasteiger partial charge on any atom is -0.487 e. The summed E-state index contributed by atoms with van der Waals surface area (Å²) in [5.74, 6) is 0.181. The highest BCUT2D eigenvalue weighted by Crippen LogP contribution is 2.26. The first-order valence-electron chi connectivity index (χ1n) is 9.27. The summed E-state index contributed by atoms with van der Waals surface area (Å²) in [5.41, 5.74) is 2.44. The zero-order valence-electron chi connectivity index (χ0n) is 15.6. The molecule has 0 bridgehead atoms. The third kappa shape index (κ3) is 3.44. The highest BCUT2D eigenvalue weighted by Gasteiger charge is 2.08. The fourth-order valence-electron chi connectivity index (χ4n) is 3.39. The molecule has 2 heterocycles. The Hall–Kier alpha value is -3.57. The van der Waals surface area contributed by atoms with E-state index < -0.39 is 5.82 Å². The molecule has 6 heteroatoms. The molecule has 146 valence electrons. The van der Waals surface area contributed by atoms with Crippen LogP contribution in [0.25, 0.3) is 32.9 Å². The topological polar surface area (TPSA) is 52.1 Å². The van der Waals surface area contributed by atoms with Gasteiger partial charge in [-0.2, -0.15) is 0 Å². The maximum absolute atomic E-state index is 13.6. The van der Waals surface area contributed by atoms with Gasteiger partial charge >= 0.3 is 0 Å². The average molecular weight is 417 g/mol. The van der Waals surface area contributed by atoms with E-state index in [0.29, 0.717) is 33.6 Å². The summed E-state index contributed by atoms with van der Waals surface area (Å²) in [6.45, 7) is 0.241. The van der Waals surface area contributed by atoms with Gasteiger partial charge in [-0.3, -0.25) is 9.78 Å². The van der Waals surface area contributed by atoms with E-state index in [4.69, 9.17) is 16.3 Å². The molecule has 2 aromatic carbocycles. The molecule has 0 radical (unpaired) electrons. The summed E-state index contributed by atoms with van der Waals surface area (Å²) in [7, 11) is 0. The number of hydrogen-bond acceptors (Lipinski definition) is 4. The number of rotatable bonds is 3. The third-order valence-corrected chi connectivity index (χ3v) is 5.23. The van der Waals surface area contributed by atoms with Crippen molar-refractivity contribution in [1.82, 2.24) is 9.97 Å². The van der Waals surface area contributed by atoms with E-state index in [9.17, 15) is 9.18 Å². The number of aromatic nitrogens is 2. The van der Waals surface area contributed by atoms with E-state index in [0.717, 1.165) is 10.8 Å². The van der Waals surface area contributed by atoms with Gasteiger partial charge in [0, 0.05) is 23.2 Å². The Morgan fingerprint density at radius 2 is 1.73 bits per heavy atom. The number of nitrogens with zero attached hydrogens (tertiary/aromatic N) is 2. The van der Waals surface area contributed by atoms with Crippen LogP contribution in [0, 0.1) is 5.82 Å². The molecular formula is C24H14ClFN2O2. The first-order chi connectivity index (χ1) is 14.6. The lowest BCUT2D eigenvalue weighted by atomic mass is 10.1. The number of halogens is 2. The molecule has 0 N–H and O–H groups in total. The predicted molar refractivity (Wildman–Crippen MR) is 116 cm³/mol. The molecule has 0 saturated carbocycles. The Bertz CT molecular complexity index is 1460. The molecule has 4 nitrogen and oxygen atoms in total. The van der Waals surface area contributed by atoms with Crippen molar-refractivity contribution in [2.45, 2.75) is 6.61 Å². The van der Waals surface area contributed by atoms with Crippen LogP contribution in [0.2, 0.25) is 5.02 Å². The molecule has 0 unspecified atom stereocenters. The Balaban J connectivity index is 1.46. The SMILES string of the molecule is O=c1ccnc2ccc3ccc(OCc4ccc5cc(F)c(Cl)cc5n4)cc3cc1-2. The fourth-order valence-corrected chi connectivity index (χ4v) is 3.55. The van der Waals surface area contributed by atoms with Gasteiger partial charge in [0.25, 0.3) is 0 Å². The second-order valence-electron chi connectivity index (χ2n) is 6.93. The molecule has 30 heavy (non-hydrogen) atoms. The molecule has 2 aliphatic rings. The summed E-state index contributed by atoms with van der Waals surface area (Å²) in [5, 5.41) is 2.56. The Kier molecular flexibility index (Phi) is 4.52. The van der Waals surface area contributed by atoms with E-state index >= 15 is 0 Å². The molecule has 0 spiro atoms. The van der Waals surface area contributed by atoms with E-state index in [1.54, 1.807) is 12.1 Å². The molecule has 3 aromatic rings. The summed E-state index contributed by atoms with van der Waals surface area (Å²) in [6.07, 6.45) is 1.52. The normalized spacial score (nSPS) is 11.3. The highest BCUT2D eigenvalue weighted by molar-refractivity contribution is 6.31. The van der Waals surface area contributed by atoms with Crippen LogP contribution >= 0.6 is 11.6 Å². The van der Waals surface area contributed by atoms with Gasteiger partial charge in [-0.05, 0) is 53.2 Å². The molecule has 0 saturated heterocycles. The molecular weight excluding hydrogens is 403 g/mol. The van der Waals surface area contributed by atoms with Crippen LogP contribution in [0.4, 0.5) is 4.39 Å². The molecule has 0 fully saturated rings. The fraction of sp³-hybridized carbons (Fsp3) is 0.0417. The van der Waals surface area contributed by atoms with Crippen molar-refractivity contribution < 1.29 is 9.13 Å². The average Bonchev–Trinajstić information content (AvgIpc) is 2.93. The summed E-state index contributed by atoms with van der Waals surface area (Å²) < 4.78 is 19.5. The number of hydrogen-bond donors (Lipinski definition) is 0.